The molecule has 2 heterocycles. The third-order valence-corrected chi connectivity index (χ3v) is 4.17. The molecule has 1 aliphatic heterocycles. The number of hydrogen-bond donors (Lipinski definition) is 2. The van der Waals surface area contributed by atoms with Gasteiger partial charge < -0.3 is 20.1 Å². The van der Waals surface area contributed by atoms with Crippen LogP contribution in [0.25, 0.3) is 0 Å². The molecule has 0 spiro atoms. The van der Waals surface area contributed by atoms with Gasteiger partial charge in [-0.1, -0.05) is 6.07 Å². The van der Waals surface area contributed by atoms with Gasteiger partial charge in [-0.15, -0.1) is 24.0 Å². The summed E-state index contributed by atoms with van der Waals surface area (Å²) in [6.45, 7) is 3.15. The van der Waals surface area contributed by atoms with Crippen LogP contribution in [0.1, 0.15) is 31.2 Å². The Morgan fingerprint density at radius 2 is 2.21 bits per heavy atom. The second kappa shape index (κ2) is 10.0. The fourth-order valence-corrected chi connectivity index (χ4v) is 2.51. The van der Waals surface area contributed by atoms with Crippen molar-refractivity contribution >= 4 is 29.9 Å². The van der Waals surface area contributed by atoms with Crippen molar-refractivity contribution in [2.75, 3.05) is 26.8 Å². The zero-order chi connectivity index (χ0) is 15.9. The maximum atomic E-state index is 5.65. The van der Waals surface area contributed by atoms with E-state index in [0.29, 0.717) is 18.5 Å². The molecule has 1 saturated carbocycles. The number of nitrogens with zero attached hydrogens (tertiary/aromatic N) is 2. The Labute approximate surface area is 160 Å². The Hall–Kier alpha value is -1.09. The monoisotopic (exact) mass is 446 g/mol. The summed E-state index contributed by atoms with van der Waals surface area (Å²) in [5, 5.41) is 6.59. The van der Waals surface area contributed by atoms with Crippen molar-refractivity contribution in [1.29, 1.82) is 0 Å². The largest absolute Gasteiger partial charge is 0.477 e. The van der Waals surface area contributed by atoms with Crippen molar-refractivity contribution in [1.82, 2.24) is 15.6 Å². The van der Waals surface area contributed by atoms with Crippen molar-refractivity contribution in [2.45, 2.75) is 38.3 Å². The molecule has 24 heavy (non-hydrogen) atoms. The number of ether oxygens (including phenoxy) is 2. The summed E-state index contributed by atoms with van der Waals surface area (Å²) in [6.07, 6.45) is 7.01. The normalized spacial score (nSPS) is 20.4. The molecule has 2 aliphatic rings. The number of aliphatic imine (C=N–C) groups is 1. The summed E-state index contributed by atoms with van der Waals surface area (Å²) in [7, 11) is 1.78. The summed E-state index contributed by atoms with van der Waals surface area (Å²) in [5.41, 5.74) is 1.10. The van der Waals surface area contributed by atoms with Crippen molar-refractivity contribution in [2.24, 2.45) is 10.9 Å². The summed E-state index contributed by atoms with van der Waals surface area (Å²) in [6, 6.07) is 3.97. The Kier molecular flexibility index (Phi) is 8.04. The average molecular weight is 446 g/mol. The van der Waals surface area contributed by atoms with E-state index < -0.39 is 0 Å². The quantitative estimate of drug-likeness (QED) is 0.383. The zero-order valence-electron chi connectivity index (χ0n) is 14.2. The molecule has 2 N–H and O–H groups in total. The highest BCUT2D eigenvalue weighted by molar-refractivity contribution is 14.0. The first-order valence-electron chi connectivity index (χ1n) is 8.47. The van der Waals surface area contributed by atoms with Gasteiger partial charge in [-0.2, -0.15) is 0 Å². The fourth-order valence-electron chi connectivity index (χ4n) is 2.51. The molecule has 0 amide bonds. The lowest BCUT2D eigenvalue weighted by atomic mass is 10.2. The van der Waals surface area contributed by atoms with Crippen LogP contribution in [0.15, 0.2) is 23.3 Å². The molecule has 1 aliphatic carbocycles. The highest BCUT2D eigenvalue weighted by Gasteiger charge is 2.22. The Morgan fingerprint density at radius 3 is 2.83 bits per heavy atom. The molecule has 6 nitrogen and oxygen atoms in total. The van der Waals surface area contributed by atoms with E-state index in [1.807, 2.05) is 18.3 Å². The van der Waals surface area contributed by atoms with Gasteiger partial charge >= 0.3 is 0 Å². The number of nitrogens with one attached hydrogen (secondary N) is 2. The molecule has 0 bridgehead atoms. The second-order valence-corrected chi connectivity index (χ2v) is 6.20. The van der Waals surface area contributed by atoms with E-state index in [2.05, 4.69) is 20.6 Å². The predicted octanol–water partition coefficient (Wildman–Crippen LogP) is 2.33. The zero-order valence-corrected chi connectivity index (χ0v) is 16.5. The molecule has 0 radical (unpaired) electrons. The molecule has 1 aromatic heterocycles. The molecular formula is C17H27IN4O2. The Morgan fingerprint density at radius 1 is 1.33 bits per heavy atom. The molecule has 7 heteroatoms. The lowest BCUT2D eigenvalue weighted by molar-refractivity contribution is 0.114. The van der Waals surface area contributed by atoms with Crippen LogP contribution in [-0.2, 0) is 11.3 Å². The fraction of sp³-hybridized carbons (Fsp3) is 0.647. The topological polar surface area (TPSA) is 67.8 Å². The third-order valence-electron chi connectivity index (χ3n) is 4.17. The van der Waals surface area contributed by atoms with Gasteiger partial charge in [0.15, 0.2) is 5.96 Å². The van der Waals surface area contributed by atoms with Gasteiger partial charge in [-0.05, 0) is 37.2 Å². The molecule has 3 rings (SSSR count). The van der Waals surface area contributed by atoms with Crippen LogP contribution in [0.3, 0.4) is 0 Å². The van der Waals surface area contributed by atoms with Gasteiger partial charge in [0.2, 0.25) is 5.88 Å². The molecule has 1 saturated heterocycles. The van der Waals surface area contributed by atoms with E-state index in [0.717, 1.165) is 50.0 Å². The Balaban J connectivity index is 0.00000208. The van der Waals surface area contributed by atoms with Gasteiger partial charge in [-0.25, -0.2) is 4.98 Å². The maximum Gasteiger partial charge on any atom is 0.213 e. The van der Waals surface area contributed by atoms with Crippen LogP contribution >= 0.6 is 24.0 Å². The first-order chi connectivity index (χ1) is 11.3. The van der Waals surface area contributed by atoms with Crippen molar-refractivity contribution in [3.8, 4) is 5.88 Å². The minimum atomic E-state index is 0. The molecule has 0 aromatic carbocycles. The van der Waals surface area contributed by atoms with Gasteiger partial charge in [0.25, 0.3) is 0 Å². The lowest BCUT2D eigenvalue weighted by Crippen LogP contribution is -2.40. The van der Waals surface area contributed by atoms with Gasteiger partial charge in [-0.3, -0.25) is 4.99 Å². The molecular weight excluding hydrogens is 419 g/mol. The molecule has 1 unspecified atom stereocenters. The van der Waals surface area contributed by atoms with E-state index in [1.54, 1.807) is 7.05 Å². The van der Waals surface area contributed by atoms with Crippen LogP contribution < -0.4 is 15.4 Å². The maximum absolute atomic E-state index is 5.65. The highest BCUT2D eigenvalue weighted by atomic mass is 127. The van der Waals surface area contributed by atoms with E-state index in [-0.39, 0.29) is 24.0 Å². The van der Waals surface area contributed by atoms with E-state index >= 15 is 0 Å². The van der Waals surface area contributed by atoms with Gasteiger partial charge in [0.1, 0.15) is 0 Å². The number of aromatic nitrogens is 1. The van der Waals surface area contributed by atoms with Crippen LogP contribution in [0, 0.1) is 5.92 Å². The van der Waals surface area contributed by atoms with Gasteiger partial charge in [0, 0.05) is 39.0 Å². The van der Waals surface area contributed by atoms with Crippen molar-refractivity contribution in [3.05, 3.63) is 23.9 Å². The molecule has 2 fully saturated rings. The minimum absolute atomic E-state index is 0. The second-order valence-electron chi connectivity index (χ2n) is 6.20. The first kappa shape index (κ1) is 19.2. The summed E-state index contributed by atoms with van der Waals surface area (Å²) in [5.74, 6) is 2.24. The van der Waals surface area contributed by atoms with E-state index in [9.17, 15) is 0 Å². The van der Waals surface area contributed by atoms with Crippen LogP contribution in [0.2, 0.25) is 0 Å². The SMILES string of the molecule is CN=C(NCc1ccc(OCC2CC2)nc1)NCC1CCCO1.I. The van der Waals surface area contributed by atoms with Crippen LogP contribution in [-0.4, -0.2) is 43.9 Å². The molecule has 1 atom stereocenters. The summed E-state index contributed by atoms with van der Waals surface area (Å²) < 4.78 is 11.2. The van der Waals surface area contributed by atoms with Crippen LogP contribution in [0.5, 0.6) is 5.88 Å². The van der Waals surface area contributed by atoms with Crippen molar-refractivity contribution < 1.29 is 9.47 Å². The number of pyridine rings is 1. The summed E-state index contributed by atoms with van der Waals surface area (Å²) in [4.78, 5) is 8.58. The van der Waals surface area contributed by atoms with E-state index in [4.69, 9.17) is 9.47 Å². The number of guanidine groups is 1. The minimum Gasteiger partial charge on any atom is -0.477 e. The Bertz CT molecular complexity index is 514. The smallest absolute Gasteiger partial charge is 0.213 e. The van der Waals surface area contributed by atoms with E-state index in [1.165, 1.54) is 12.8 Å². The van der Waals surface area contributed by atoms with Gasteiger partial charge in [0.05, 0.1) is 12.7 Å². The van der Waals surface area contributed by atoms with Crippen molar-refractivity contribution in [3.63, 3.8) is 0 Å². The first-order valence-corrected chi connectivity index (χ1v) is 8.47. The third kappa shape index (κ3) is 6.43. The molecule has 134 valence electrons. The average Bonchev–Trinajstić information content (AvgIpc) is 3.28. The number of halogens is 1. The number of hydrogen-bond acceptors (Lipinski definition) is 4. The van der Waals surface area contributed by atoms with Crippen LogP contribution in [0.4, 0.5) is 0 Å². The highest BCUT2D eigenvalue weighted by Crippen LogP contribution is 2.29. The standard InChI is InChI=1S/C17H26N4O2.HI/c1-18-17(21-11-15-3-2-8-22-15)20-10-14-6-7-16(19-9-14)23-12-13-4-5-13;/h6-7,9,13,15H,2-5,8,10-12H2,1H3,(H2,18,20,21);1H. The molecule has 1 aromatic rings. The lowest BCUT2D eigenvalue weighted by Gasteiger charge is -2.15. The summed E-state index contributed by atoms with van der Waals surface area (Å²) >= 11 is 0. The predicted molar refractivity (Wildman–Crippen MR) is 105 cm³/mol. The number of rotatable bonds is 7.